The van der Waals surface area contributed by atoms with Gasteiger partial charge in [-0.1, -0.05) is 41.9 Å². The molecule has 2 aliphatic heterocycles. The van der Waals surface area contributed by atoms with E-state index in [9.17, 15) is 23.6 Å². The molecular formula is C23H16ClFN4O4. The summed E-state index contributed by atoms with van der Waals surface area (Å²) in [4.78, 5) is 53.3. The van der Waals surface area contributed by atoms with Crippen molar-refractivity contribution in [2.75, 3.05) is 6.54 Å². The monoisotopic (exact) mass is 466 g/mol. The van der Waals surface area contributed by atoms with Gasteiger partial charge in [0.2, 0.25) is 0 Å². The number of hydrogen-bond acceptors (Lipinski definition) is 4. The molecule has 8 nitrogen and oxygen atoms in total. The van der Waals surface area contributed by atoms with E-state index in [-0.39, 0.29) is 23.7 Å². The van der Waals surface area contributed by atoms with Crippen LogP contribution < -0.4 is 16.2 Å². The smallest absolute Gasteiger partial charge is 0.322 e. The highest BCUT2D eigenvalue weighted by molar-refractivity contribution is 6.30. The van der Waals surface area contributed by atoms with E-state index in [1.165, 1.54) is 35.4 Å². The maximum Gasteiger partial charge on any atom is 0.322 e. The Morgan fingerprint density at radius 3 is 2.42 bits per heavy atom. The van der Waals surface area contributed by atoms with Gasteiger partial charge in [0.15, 0.2) is 5.54 Å². The molecule has 2 aliphatic rings. The van der Waals surface area contributed by atoms with Crippen molar-refractivity contribution in [1.82, 2.24) is 20.5 Å². The average Bonchev–Trinajstić information content (AvgIpc) is 3.25. The van der Waals surface area contributed by atoms with E-state index in [1.807, 2.05) is 0 Å². The van der Waals surface area contributed by atoms with Gasteiger partial charge < -0.3 is 15.2 Å². The first-order chi connectivity index (χ1) is 15.8. The predicted molar refractivity (Wildman–Crippen MR) is 117 cm³/mol. The van der Waals surface area contributed by atoms with Crippen molar-refractivity contribution in [3.05, 3.63) is 92.6 Å². The molecule has 0 unspecified atom stereocenters. The lowest BCUT2D eigenvalue weighted by Crippen LogP contribution is -2.52. The zero-order valence-corrected chi connectivity index (χ0v) is 17.7. The van der Waals surface area contributed by atoms with Crippen molar-refractivity contribution in [1.29, 1.82) is 0 Å². The number of nitrogens with zero attached hydrogens (tertiary/aromatic N) is 1. The number of rotatable bonds is 4. The number of carbonyl (C=O) groups excluding carboxylic acids is 3. The molecule has 1 saturated heterocycles. The van der Waals surface area contributed by atoms with Gasteiger partial charge in [-0.2, -0.15) is 0 Å². The van der Waals surface area contributed by atoms with Crippen LogP contribution in [0.4, 0.5) is 9.18 Å². The van der Waals surface area contributed by atoms with Crippen LogP contribution in [0.1, 0.15) is 21.5 Å². The van der Waals surface area contributed by atoms with E-state index in [1.54, 1.807) is 24.3 Å². The van der Waals surface area contributed by atoms with Crippen LogP contribution in [-0.2, 0) is 16.9 Å². The highest BCUT2D eigenvalue weighted by atomic mass is 35.5. The van der Waals surface area contributed by atoms with E-state index in [4.69, 9.17) is 11.6 Å². The Balaban J connectivity index is 1.49. The predicted octanol–water partition coefficient (Wildman–Crippen LogP) is 2.53. The Bertz CT molecular complexity index is 1390. The standard InChI is InChI=1S/C23H16ClFN4O4/c24-18-7-14(9-26-19(18)30)12-1-4-15(5-2-12)23(21(32)27-22(33)28-23)11-29-10-13-3-6-16(25)8-17(13)20(29)31/h1-9H,10-11H2,(H,26,30)(H2,27,28,32,33)/t23-/m0/s1. The summed E-state index contributed by atoms with van der Waals surface area (Å²) >= 11 is 5.91. The van der Waals surface area contributed by atoms with E-state index >= 15 is 0 Å². The van der Waals surface area contributed by atoms with Crippen molar-refractivity contribution in [2.24, 2.45) is 0 Å². The Morgan fingerprint density at radius 2 is 1.76 bits per heavy atom. The molecule has 3 heterocycles. The van der Waals surface area contributed by atoms with Gasteiger partial charge in [0.1, 0.15) is 10.8 Å². The normalized spacial score (nSPS) is 19.5. The van der Waals surface area contributed by atoms with Gasteiger partial charge in [0.05, 0.1) is 6.54 Å². The molecular weight excluding hydrogens is 451 g/mol. The molecule has 166 valence electrons. The lowest BCUT2D eigenvalue weighted by molar-refractivity contribution is -0.124. The second-order valence-corrected chi connectivity index (χ2v) is 8.33. The Hall–Kier alpha value is -3.98. The topological polar surface area (TPSA) is 111 Å². The molecule has 1 aromatic heterocycles. The van der Waals surface area contributed by atoms with Crippen molar-refractivity contribution in [3.63, 3.8) is 0 Å². The first kappa shape index (κ1) is 20.9. The zero-order valence-electron chi connectivity index (χ0n) is 16.9. The molecule has 10 heteroatoms. The SMILES string of the molecule is O=C1NC(=O)[C@](CN2Cc3ccc(F)cc3C2=O)(c2ccc(-c3c[nH]c(=O)c(Cl)c3)cc2)N1. The number of urea groups is 1. The maximum absolute atomic E-state index is 13.6. The van der Waals surface area contributed by atoms with Gasteiger partial charge in [-0.05, 0) is 40.5 Å². The molecule has 0 aliphatic carbocycles. The lowest BCUT2D eigenvalue weighted by Gasteiger charge is -2.31. The van der Waals surface area contributed by atoms with Crippen LogP contribution in [0.3, 0.4) is 0 Å². The number of imide groups is 1. The van der Waals surface area contributed by atoms with E-state index in [0.717, 1.165) is 5.56 Å². The largest absolute Gasteiger partial charge is 0.331 e. The lowest BCUT2D eigenvalue weighted by atomic mass is 9.88. The fraction of sp³-hybridized carbons (Fsp3) is 0.130. The number of aromatic amines is 1. The van der Waals surface area contributed by atoms with E-state index in [2.05, 4.69) is 15.6 Å². The fourth-order valence-electron chi connectivity index (χ4n) is 4.21. The molecule has 0 bridgehead atoms. The maximum atomic E-state index is 13.6. The summed E-state index contributed by atoms with van der Waals surface area (Å²) in [5, 5.41) is 4.94. The number of carbonyl (C=O) groups is 3. The molecule has 3 N–H and O–H groups in total. The van der Waals surface area contributed by atoms with E-state index < -0.39 is 34.8 Å². The molecule has 1 atom stereocenters. The van der Waals surface area contributed by atoms with Crippen LogP contribution in [0, 0.1) is 5.82 Å². The van der Waals surface area contributed by atoms with Gasteiger partial charge in [-0.15, -0.1) is 0 Å². The third-order valence-corrected chi connectivity index (χ3v) is 6.17. The van der Waals surface area contributed by atoms with Crippen LogP contribution in [0.25, 0.3) is 11.1 Å². The third-order valence-electron chi connectivity index (χ3n) is 5.89. The van der Waals surface area contributed by atoms with Gasteiger partial charge in [0, 0.05) is 18.3 Å². The number of amides is 4. The van der Waals surface area contributed by atoms with Crippen LogP contribution in [0.2, 0.25) is 5.02 Å². The van der Waals surface area contributed by atoms with Crippen LogP contribution in [0.15, 0.2) is 59.5 Å². The Labute approximate surface area is 191 Å². The molecule has 0 saturated carbocycles. The summed E-state index contributed by atoms with van der Waals surface area (Å²) in [6.07, 6.45) is 1.52. The molecule has 1 fully saturated rings. The number of nitrogens with one attached hydrogen (secondary N) is 3. The van der Waals surface area contributed by atoms with Crippen molar-refractivity contribution in [3.8, 4) is 11.1 Å². The first-order valence-corrected chi connectivity index (χ1v) is 10.3. The summed E-state index contributed by atoms with van der Waals surface area (Å²) in [5.41, 5.74) is 0.794. The van der Waals surface area contributed by atoms with Crippen molar-refractivity contribution in [2.45, 2.75) is 12.1 Å². The number of halogens is 2. The summed E-state index contributed by atoms with van der Waals surface area (Å²) in [6, 6.07) is 11.6. The summed E-state index contributed by atoms with van der Waals surface area (Å²) < 4.78 is 13.6. The van der Waals surface area contributed by atoms with Gasteiger partial charge in [0.25, 0.3) is 17.4 Å². The fourth-order valence-corrected chi connectivity index (χ4v) is 4.39. The minimum Gasteiger partial charge on any atom is -0.331 e. The molecule has 33 heavy (non-hydrogen) atoms. The van der Waals surface area contributed by atoms with Gasteiger partial charge in [-0.3, -0.25) is 19.7 Å². The minimum absolute atomic E-state index is 0.0408. The highest BCUT2D eigenvalue weighted by Crippen LogP contribution is 2.32. The van der Waals surface area contributed by atoms with Crippen molar-refractivity contribution >= 4 is 29.4 Å². The van der Waals surface area contributed by atoms with Crippen LogP contribution in [-0.4, -0.2) is 34.3 Å². The second-order valence-electron chi connectivity index (χ2n) is 7.92. The van der Waals surface area contributed by atoms with E-state index in [0.29, 0.717) is 16.7 Å². The number of aromatic nitrogens is 1. The summed E-state index contributed by atoms with van der Waals surface area (Å²) in [7, 11) is 0. The number of pyridine rings is 1. The van der Waals surface area contributed by atoms with Crippen LogP contribution in [0.5, 0.6) is 0 Å². The van der Waals surface area contributed by atoms with Gasteiger partial charge >= 0.3 is 6.03 Å². The Kier molecular flexibility index (Phi) is 4.79. The molecule has 3 aromatic rings. The number of H-pyrrole nitrogens is 1. The summed E-state index contributed by atoms with van der Waals surface area (Å²) in [5.74, 6) is -1.54. The van der Waals surface area contributed by atoms with Crippen molar-refractivity contribution < 1.29 is 18.8 Å². The average molecular weight is 467 g/mol. The minimum atomic E-state index is -1.52. The Morgan fingerprint density at radius 1 is 1.00 bits per heavy atom. The molecule has 2 aromatic carbocycles. The highest BCUT2D eigenvalue weighted by Gasteiger charge is 2.50. The third kappa shape index (κ3) is 3.46. The first-order valence-electron chi connectivity index (χ1n) is 9.97. The molecule has 0 radical (unpaired) electrons. The number of hydrogen-bond donors (Lipinski definition) is 3. The quantitative estimate of drug-likeness (QED) is 0.513. The molecule has 4 amide bonds. The second kappa shape index (κ2) is 7.56. The number of fused-ring (bicyclic) bond motifs is 1. The van der Waals surface area contributed by atoms with Gasteiger partial charge in [-0.25, -0.2) is 9.18 Å². The van der Waals surface area contributed by atoms with Crippen LogP contribution >= 0.6 is 11.6 Å². The zero-order chi connectivity index (χ0) is 23.3. The molecule has 0 spiro atoms. The number of benzene rings is 2. The summed E-state index contributed by atoms with van der Waals surface area (Å²) in [6.45, 7) is 0.0524. The molecule has 5 rings (SSSR count).